The number of hydrogen-bond acceptors (Lipinski definition) is 2. The first-order valence-corrected chi connectivity index (χ1v) is 6.10. The molecular formula is C12H17BrN2. The molecule has 1 atom stereocenters. The van der Waals surface area contributed by atoms with Gasteiger partial charge in [0.25, 0.3) is 0 Å². The minimum atomic E-state index is 0.585. The average molecular weight is 269 g/mol. The lowest BCUT2D eigenvalue weighted by Crippen LogP contribution is -2.42. The second kappa shape index (κ2) is 4.64. The van der Waals surface area contributed by atoms with Crippen molar-refractivity contribution < 1.29 is 0 Å². The van der Waals surface area contributed by atoms with Crippen LogP contribution in [0.4, 0.5) is 0 Å². The molecule has 1 N–H and O–H groups in total. The minimum Gasteiger partial charge on any atom is -0.308 e. The summed E-state index contributed by atoms with van der Waals surface area (Å²) < 4.78 is 1.19. The Morgan fingerprint density at radius 2 is 2.20 bits per heavy atom. The van der Waals surface area contributed by atoms with E-state index in [1.807, 2.05) is 0 Å². The second-order valence-corrected chi connectivity index (χ2v) is 5.37. The van der Waals surface area contributed by atoms with Crippen molar-refractivity contribution in [2.24, 2.45) is 0 Å². The molecule has 0 aliphatic carbocycles. The van der Waals surface area contributed by atoms with E-state index in [1.54, 1.807) is 0 Å². The molecule has 0 radical (unpaired) electrons. The normalized spacial score (nSPS) is 20.4. The van der Waals surface area contributed by atoms with Gasteiger partial charge in [-0.25, -0.2) is 0 Å². The maximum atomic E-state index is 3.57. The van der Waals surface area contributed by atoms with Crippen LogP contribution in [0.15, 0.2) is 22.7 Å². The van der Waals surface area contributed by atoms with Crippen LogP contribution in [0.3, 0.4) is 0 Å². The summed E-state index contributed by atoms with van der Waals surface area (Å²) in [6.07, 6.45) is 1.13. The lowest BCUT2D eigenvalue weighted by atomic mass is 9.96. The Kier molecular flexibility index (Phi) is 3.44. The Labute approximate surface area is 99.8 Å². The highest BCUT2D eigenvalue weighted by atomic mass is 79.9. The molecule has 3 heteroatoms. The lowest BCUT2D eigenvalue weighted by Gasteiger charge is -2.28. The topological polar surface area (TPSA) is 15.3 Å². The van der Waals surface area contributed by atoms with Crippen LogP contribution in [0.1, 0.15) is 11.1 Å². The zero-order chi connectivity index (χ0) is 10.8. The molecule has 0 spiro atoms. The molecule has 0 saturated heterocycles. The fourth-order valence-corrected chi connectivity index (χ4v) is 2.53. The van der Waals surface area contributed by atoms with Crippen LogP contribution >= 0.6 is 15.9 Å². The molecule has 1 unspecified atom stereocenters. The van der Waals surface area contributed by atoms with E-state index in [1.165, 1.54) is 15.6 Å². The molecule has 2 rings (SSSR count). The van der Waals surface area contributed by atoms with Crippen LogP contribution in [-0.2, 0) is 13.0 Å². The first-order valence-electron chi connectivity index (χ1n) is 5.30. The number of likely N-dealkylation sites (N-methyl/N-ethyl adjacent to an activating group) is 1. The zero-order valence-electron chi connectivity index (χ0n) is 9.26. The summed E-state index contributed by atoms with van der Waals surface area (Å²) in [5, 5.41) is 3.57. The van der Waals surface area contributed by atoms with Crippen molar-refractivity contribution in [3.8, 4) is 0 Å². The van der Waals surface area contributed by atoms with Crippen molar-refractivity contribution in [1.82, 2.24) is 10.2 Å². The van der Waals surface area contributed by atoms with E-state index >= 15 is 0 Å². The largest absolute Gasteiger partial charge is 0.308 e. The van der Waals surface area contributed by atoms with Gasteiger partial charge in [-0.05, 0) is 43.8 Å². The van der Waals surface area contributed by atoms with E-state index in [0.717, 1.165) is 19.5 Å². The van der Waals surface area contributed by atoms with Crippen molar-refractivity contribution >= 4 is 15.9 Å². The van der Waals surface area contributed by atoms with Gasteiger partial charge in [0.15, 0.2) is 0 Å². The molecule has 0 amide bonds. The maximum Gasteiger partial charge on any atom is 0.0238 e. The Balaban J connectivity index is 2.11. The first-order chi connectivity index (χ1) is 7.15. The third-order valence-corrected chi connectivity index (χ3v) is 3.29. The fraction of sp³-hybridized carbons (Fsp3) is 0.500. The molecule has 1 aliphatic rings. The van der Waals surface area contributed by atoms with Gasteiger partial charge in [-0.2, -0.15) is 0 Å². The summed E-state index contributed by atoms with van der Waals surface area (Å²) in [6.45, 7) is 2.10. The molecule has 82 valence electrons. The highest BCUT2D eigenvalue weighted by molar-refractivity contribution is 9.10. The average Bonchev–Trinajstić information content (AvgIpc) is 2.16. The number of rotatable bonds is 2. The predicted molar refractivity (Wildman–Crippen MR) is 67.0 cm³/mol. The van der Waals surface area contributed by atoms with Crippen LogP contribution in [0.25, 0.3) is 0 Å². The first kappa shape index (κ1) is 11.1. The van der Waals surface area contributed by atoms with Crippen LogP contribution in [-0.4, -0.2) is 31.6 Å². The van der Waals surface area contributed by atoms with Gasteiger partial charge in [-0.15, -0.1) is 0 Å². The van der Waals surface area contributed by atoms with Crippen LogP contribution in [0.2, 0.25) is 0 Å². The van der Waals surface area contributed by atoms with Crippen LogP contribution < -0.4 is 5.32 Å². The number of hydrogen-bond donors (Lipinski definition) is 1. The van der Waals surface area contributed by atoms with E-state index in [-0.39, 0.29) is 0 Å². The van der Waals surface area contributed by atoms with E-state index in [9.17, 15) is 0 Å². The molecule has 1 heterocycles. The highest BCUT2D eigenvalue weighted by Crippen LogP contribution is 2.21. The van der Waals surface area contributed by atoms with Gasteiger partial charge in [0.05, 0.1) is 0 Å². The molecule has 0 fully saturated rings. The summed E-state index contributed by atoms with van der Waals surface area (Å²) in [6, 6.07) is 7.16. The third-order valence-electron chi connectivity index (χ3n) is 2.80. The third kappa shape index (κ3) is 2.80. The minimum absolute atomic E-state index is 0.585. The Morgan fingerprint density at radius 3 is 2.93 bits per heavy atom. The second-order valence-electron chi connectivity index (χ2n) is 4.46. The number of nitrogens with one attached hydrogen (secondary N) is 1. The van der Waals surface area contributed by atoms with Gasteiger partial charge in [0, 0.05) is 23.6 Å². The Morgan fingerprint density at radius 1 is 1.40 bits per heavy atom. The number of halogens is 1. The monoisotopic (exact) mass is 268 g/mol. The highest BCUT2D eigenvalue weighted by Gasteiger charge is 2.18. The van der Waals surface area contributed by atoms with Crippen molar-refractivity contribution in [3.05, 3.63) is 33.8 Å². The van der Waals surface area contributed by atoms with E-state index in [4.69, 9.17) is 0 Å². The molecule has 15 heavy (non-hydrogen) atoms. The molecular weight excluding hydrogens is 252 g/mol. The number of fused-ring (bicyclic) bond motifs is 1. The molecule has 1 aromatic rings. The van der Waals surface area contributed by atoms with Crippen molar-refractivity contribution in [2.45, 2.75) is 19.0 Å². The Hall–Kier alpha value is -0.380. The zero-order valence-corrected chi connectivity index (χ0v) is 10.8. The fourth-order valence-electron chi connectivity index (χ4n) is 2.12. The Bertz CT molecular complexity index is 349. The van der Waals surface area contributed by atoms with E-state index in [2.05, 4.69) is 58.4 Å². The van der Waals surface area contributed by atoms with Gasteiger partial charge in [0.2, 0.25) is 0 Å². The van der Waals surface area contributed by atoms with Crippen molar-refractivity contribution in [3.63, 3.8) is 0 Å². The van der Waals surface area contributed by atoms with E-state index in [0.29, 0.717) is 6.04 Å². The SMILES string of the molecule is CN(C)CC1Cc2cc(Br)ccc2CN1. The van der Waals surface area contributed by atoms with Gasteiger partial charge in [-0.3, -0.25) is 0 Å². The van der Waals surface area contributed by atoms with Crippen molar-refractivity contribution in [1.29, 1.82) is 0 Å². The van der Waals surface area contributed by atoms with Crippen molar-refractivity contribution in [2.75, 3.05) is 20.6 Å². The summed E-state index contributed by atoms with van der Waals surface area (Å²) in [7, 11) is 4.25. The summed E-state index contributed by atoms with van der Waals surface area (Å²) in [4.78, 5) is 2.24. The smallest absolute Gasteiger partial charge is 0.0238 e. The lowest BCUT2D eigenvalue weighted by molar-refractivity contribution is 0.326. The van der Waals surface area contributed by atoms with Crippen LogP contribution in [0.5, 0.6) is 0 Å². The standard InChI is InChI=1S/C12H17BrN2/c1-15(2)8-12-6-10-5-11(13)4-3-9(10)7-14-12/h3-5,12,14H,6-8H2,1-2H3. The van der Waals surface area contributed by atoms with Crippen LogP contribution in [0, 0.1) is 0 Å². The number of nitrogens with zero attached hydrogens (tertiary/aromatic N) is 1. The molecule has 1 aliphatic heterocycles. The summed E-state index contributed by atoms with van der Waals surface area (Å²) in [5.41, 5.74) is 2.92. The molecule has 1 aromatic carbocycles. The predicted octanol–water partition coefficient (Wildman–Crippen LogP) is 2.02. The molecule has 0 bridgehead atoms. The molecule has 0 saturated carbocycles. The molecule has 0 aromatic heterocycles. The van der Waals surface area contributed by atoms with Gasteiger partial charge < -0.3 is 10.2 Å². The van der Waals surface area contributed by atoms with Gasteiger partial charge in [0.1, 0.15) is 0 Å². The number of benzene rings is 1. The summed E-state index contributed by atoms with van der Waals surface area (Å²) in [5.74, 6) is 0. The molecule has 2 nitrogen and oxygen atoms in total. The maximum absolute atomic E-state index is 3.57. The van der Waals surface area contributed by atoms with E-state index < -0.39 is 0 Å². The quantitative estimate of drug-likeness (QED) is 0.883. The van der Waals surface area contributed by atoms with Gasteiger partial charge >= 0.3 is 0 Å². The van der Waals surface area contributed by atoms with Gasteiger partial charge in [-0.1, -0.05) is 22.0 Å². The summed E-state index contributed by atoms with van der Waals surface area (Å²) >= 11 is 3.53.